The van der Waals surface area contributed by atoms with Crippen LogP contribution in [0.25, 0.3) is 11.1 Å². The number of nitrogens with one attached hydrogen (secondary N) is 1. The highest BCUT2D eigenvalue weighted by Crippen LogP contribution is 2.53. The number of carbonyl (C=O) groups is 3. The Morgan fingerprint density at radius 2 is 2.03 bits per heavy atom. The number of ketones is 1. The molecule has 1 aromatic heterocycles. The Morgan fingerprint density at radius 3 is 2.67 bits per heavy atom. The number of aromatic nitrogens is 2. The lowest BCUT2D eigenvalue weighted by atomic mass is 9.84. The number of unbranched alkanes of at least 4 members (excludes halogenated alkanes) is 1. The summed E-state index contributed by atoms with van der Waals surface area (Å²) in [6.07, 6.45) is 4.64. The van der Waals surface area contributed by atoms with Crippen LogP contribution in [0.3, 0.4) is 0 Å². The van der Waals surface area contributed by atoms with Gasteiger partial charge in [0.15, 0.2) is 5.78 Å². The summed E-state index contributed by atoms with van der Waals surface area (Å²) < 4.78 is 14.7. The van der Waals surface area contributed by atoms with Crippen molar-refractivity contribution in [2.24, 2.45) is 11.3 Å². The molecule has 1 heterocycles. The number of H-pyrrole nitrogens is 1. The van der Waals surface area contributed by atoms with Crippen LogP contribution in [0.1, 0.15) is 42.5 Å². The number of methoxy groups -OCH3 is 1. The summed E-state index contributed by atoms with van der Waals surface area (Å²) in [4.78, 5) is 36.5. The molecule has 0 spiro atoms. The minimum Gasteiger partial charge on any atom is -0.469 e. The number of hydrogen-bond donors (Lipinski definition) is 1. The lowest BCUT2D eigenvalue weighted by Crippen LogP contribution is -2.30. The fraction of sp³-hybridized carbons (Fsp3) is 0.435. The van der Waals surface area contributed by atoms with Crippen molar-refractivity contribution in [2.75, 3.05) is 20.3 Å². The number of rotatable bonds is 11. The van der Waals surface area contributed by atoms with Crippen molar-refractivity contribution in [3.63, 3.8) is 0 Å². The van der Waals surface area contributed by atoms with Crippen molar-refractivity contribution >= 4 is 29.5 Å². The maximum Gasteiger partial charge on any atom is 0.508 e. The molecule has 1 N–H and O–H groups in total. The van der Waals surface area contributed by atoms with Crippen LogP contribution < -0.4 is 0 Å². The molecule has 1 atom stereocenters. The lowest BCUT2D eigenvalue weighted by Gasteiger charge is -2.21. The van der Waals surface area contributed by atoms with Crippen molar-refractivity contribution in [3.8, 4) is 17.2 Å². The number of nitrogens with zero attached hydrogens (tertiary/aromatic N) is 2. The van der Waals surface area contributed by atoms with Crippen molar-refractivity contribution < 1.29 is 28.6 Å². The Kier molecular flexibility index (Phi) is 8.06. The van der Waals surface area contributed by atoms with Crippen LogP contribution in [0.4, 0.5) is 4.79 Å². The molecule has 33 heavy (non-hydrogen) atoms. The van der Waals surface area contributed by atoms with Gasteiger partial charge in [-0.2, -0.15) is 10.4 Å². The van der Waals surface area contributed by atoms with Crippen LogP contribution >= 0.6 is 11.6 Å². The number of esters is 1. The third kappa shape index (κ3) is 6.11. The van der Waals surface area contributed by atoms with E-state index in [1.807, 2.05) is 0 Å². The van der Waals surface area contributed by atoms with Gasteiger partial charge >= 0.3 is 12.1 Å². The van der Waals surface area contributed by atoms with Crippen molar-refractivity contribution in [1.29, 1.82) is 5.26 Å². The second-order valence-corrected chi connectivity index (χ2v) is 8.22. The topological polar surface area (TPSA) is 131 Å². The average Bonchev–Trinajstić information content (AvgIpc) is 3.41. The van der Waals surface area contributed by atoms with Crippen molar-refractivity contribution in [3.05, 3.63) is 41.2 Å². The summed E-state index contributed by atoms with van der Waals surface area (Å²) in [5.74, 6) is -1.57. The van der Waals surface area contributed by atoms with Crippen LogP contribution in [-0.2, 0) is 19.0 Å². The van der Waals surface area contributed by atoms with Gasteiger partial charge in [0.05, 0.1) is 42.3 Å². The number of aromatic amines is 1. The number of nitriles is 1. The molecule has 0 amide bonds. The molecule has 1 aliphatic rings. The molecule has 1 unspecified atom stereocenters. The quantitative estimate of drug-likeness (QED) is 0.290. The van der Waals surface area contributed by atoms with E-state index in [9.17, 15) is 19.6 Å². The van der Waals surface area contributed by atoms with Crippen LogP contribution in [0.5, 0.6) is 0 Å². The van der Waals surface area contributed by atoms with Crippen LogP contribution in [0, 0.1) is 22.7 Å². The largest absolute Gasteiger partial charge is 0.508 e. The van der Waals surface area contributed by atoms with Gasteiger partial charge in [-0.15, -0.1) is 0 Å². The summed E-state index contributed by atoms with van der Waals surface area (Å²) in [6, 6.07) is 7.24. The van der Waals surface area contributed by atoms with E-state index in [0.29, 0.717) is 25.7 Å². The van der Waals surface area contributed by atoms with Gasteiger partial charge in [-0.1, -0.05) is 17.7 Å². The highest BCUT2D eigenvalue weighted by Gasteiger charge is 2.54. The second-order valence-electron chi connectivity index (χ2n) is 7.81. The zero-order chi connectivity index (χ0) is 23.8. The van der Waals surface area contributed by atoms with E-state index >= 15 is 0 Å². The van der Waals surface area contributed by atoms with Gasteiger partial charge < -0.3 is 14.2 Å². The Morgan fingerprint density at radius 1 is 1.24 bits per heavy atom. The molecule has 0 aliphatic heterocycles. The molecule has 3 rings (SSSR count). The second kappa shape index (κ2) is 11.0. The first-order valence-electron chi connectivity index (χ1n) is 10.5. The number of halogens is 1. The molecule has 1 saturated carbocycles. The number of carbonyl (C=O) groups excluding carboxylic acids is 3. The Bertz CT molecular complexity index is 1040. The molecule has 0 saturated heterocycles. The highest BCUT2D eigenvalue weighted by molar-refractivity contribution is 6.34. The summed E-state index contributed by atoms with van der Waals surface area (Å²) in [5, 5.41) is 16.5. The maximum atomic E-state index is 13.4. The first-order valence-corrected chi connectivity index (χ1v) is 10.9. The minimum atomic E-state index is -0.933. The number of ether oxygens (including phenoxy) is 3. The summed E-state index contributed by atoms with van der Waals surface area (Å²) in [6.45, 7) is -0.226. The zero-order valence-electron chi connectivity index (χ0n) is 18.1. The molecule has 1 aliphatic carbocycles. The van der Waals surface area contributed by atoms with E-state index in [4.69, 9.17) is 21.1 Å². The third-order valence-corrected chi connectivity index (χ3v) is 5.98. The van der Waals surface area contributed by atoms with E-state index < -0.39 is 17.5 Å². The predicted octanol–water partition coefficient (Wildman–Crippen LogP) is 4.33. The number of Topliss-reactive ketones (excluding diaryl/α,β-unsaturated/α-hetero) is 1. The summed E-state index contributed by atoms with van der Waals surface area (Å²) >= 11 is 6.31. The van der Waals surface area contributed by atoms with Gasteiger partial charge in [0.25, 0.3) is 0 Å². The smallest absolute Gasteiger partial charge is 0.469 e. The molecule has 10 heteroatoms. The molecule has 0 radical (unpaired) electrons. The normalized spacial score (nSPS) is 14.6. The van der Waals surface area contributed by atoms with Gasteiger partial charge in [0.1, 0.15) is 6.61 Å². The fourth-order valence-corrected chi connectivity index (χ4v) is 3.68. The summed E-state index contributed by atoms with van der Waals surface area (Å²) in [5.41, 5.74) is 0.879. The number of benzene rings is 1. The van der Waals surface area contributed by atoms with Gasteiger partial charge in [-0.05, 0) is 43.4 Å². The van der Waals surface area contributed by atoms with Crippen LogP contribution in [0.15, 0.2) is 30.6 Å². The highest BCUT2D eigenvalue weighted by atomic mass is 35.5. The molecule has 0 bridgehead atoms. The minimum absolute atomic E-state index is 0.0659. The monoisotopic (exact) mass is 473 g/mol. The van der Waals surface area contributed by atoms with E-state index in [2.05, 4.69) is 21.0 Å². The molecule has 2 aromatic rings. The van der Waals surface area contributed by atoms with Crippen LogP contribution in [0.2, 0.25) is 5.02 Å². The molecule has 1 fully saturated rings. The standard InChI is InChI=1S/C23H24ClN3O6/c1-31-20(28)4-2-3-9-32-22(30)33-13-18(23(14-25)7-8-23)21(29)17-10-15(5-6-19(17)24)16-11-26-27-12-16/h5-6,10-12,18H,2-4,7-9,13H2,1H3,(H,26,27). The first kappa shape index (κ1) is 24.3. The van der Waals surface area contributed by atoms with E-state index in [-0.39, 0.29) is 42.0 Å². The fourth-order valence-electron chi connectivity index (χ4n) is 3.47. The maximum absolute atomic E-state index is 13.4. The van der Waals surface area contributed by atoms with Gasteiger partial charge in [-0.3, -0.25) is 14.7 Å². The summed E-state index contributed by atoms with van der Waals surface area (Å²) in [7, 11) is 1.31. The predicted molar refractivity (Wildman–Crippen MR) is 117 cm³/mol. The Balaban J connectivity index is 1.64. The zero-order valence-corrected chi connectivity index (χ0v) is 18.9. The van der Waals surface area contributed by atoms with Crippen molar-refractivity contribution in [2.45, 2.75) is 32.1 Å². The molecule has 174 valence electrons. The lowest BCUT2D eigenvalue weighted by molar-refractivity contribution is -0.140. The average molecular weight is 474 g/mol. The van der Waals surface area contributed by atoms with Gasteiger partial charge in [0, 0.05) is 23.7 Å². The molecular formula is C23H24ClN3O6. The van der Waals surface area contributed by atoms with Crippen LogP contribution in [-0.4, -0.2) is 48.4 Å². The number of hydrogen-bond acceptors (Lipinski definition) is 8. The van der Waals surface area contributed by atoms with E-state index in [1.165, 1.54) is 7.11 Å². The SMILES string of the molecule is COC(=O)CCCCOC(=O)OCC(C(=O)c1cc(-c2cn[nH]c2)ccc1Cl)C1(C#N)CC1. The Hall–Kier alpha value is -3.38. The van der Waals surface area contributed by atoms with E-state index in [0.717, 1.165) is 11.1 Å². The molecule has 9 nitrogen and oxygen atoms in total. The third-order valence-electron chi connectivity index (χ3n) is 5.65. The Labute approximate surface area is 196 Å². The first-order chi connectivity index (χ1) is 15.9. The van der Waals surface area contributed by atoms with Crippen molar-refractivity contribution in [1.82, 2.24) is 10.2 Å². The molecular weight excluding hydrogens is 450 g/mol. The van der Waals surface area contributed by atoms with Gasteiger partial charge in [-0.25, -0.2) is 4.79 Å². The molecule has 1 aromatic carbocycles. The van der Waals surface area contributed by atoms with Gasteiger partial charge in [0.2, 0.25) is 0 Å². The van der Waals surface area contributed by atoms with E-state index in [1.54, 1.807) is 30.6 Å².